The molecule has 0 saturated heterocycles. The second-order valence-electron chi connectivity index (χ2n) is 1.67. The van der Waals surface area contributed by atoms with Gasteiger partial charge in [-0.05, 0) is 12.1 Å². The summed E-state index contributed by atoms with van der Waals surface area (Å²) in [6.07, 6.45) is 0. The predicted octanol–water partition coefficient (Wildman–Crippen LogP) is -11.4. The number of carboxylic acids is 1. The summed E-state index contributed by atoms with van der Waals surface area (Å²) in [6, 6.07) is 8.30. The first-order chi connectivity index (χ1) is 4.30. The molecule has 0 unspecified atom stereocenters. The third-order valence-corrected chi connectivity index (χ3v) is 1.02. The summed E-state index contributed by atoms with van der Waals surface area (Å²) >= 11 is 0. The number of aromatic carboxylic acids is 1. The average molecular weight is 362 g/mol. The summed E-state index contributed by atoms with van der Waals surface area (Å²) in [4.78, 5) is 10.2. The normalized spacial score (nSPS) is 3.64. The summed E-state index contributed by atoms with van der Waals surface area (Å²) in [6.45, 7) is 0. The SMILES string of the molecule is O.O.O.O.O.O.O.O.O.O.O.O.O=C(O)c1ccccc1.[H-].[Na+]. The molecule has 1 rings (SSSR count). The fourth-order valence-corrected chi connectivity index (χ4v) is 0.581. The van der Waals surface area contributed by atoms with Crippen molar-refractivity contribution in [2.24, 2.45) is 0 Å². The van der Waals surface area contributed by atoms with Gasteiger partial charge in [-0.25, -0.2) is 4.79 Å². The van der Waals surface area contributed by atoms with Crippen molar-refractivity contribution in [3.63, 3.8) is 0 Å². The van der Waals surface area contributed by atoms with Gasteiger partial charge in [-0.2, -0.15) is 0 Å². The first-order valence-electron chi connectivity index (χ1n) is 2.59. The summed E-state index contributed by atoms with van der Waals surface area (Å²) in [5.74, 6) is -0.879. The Hall–Kier alpha value is -0.790. The molecule has 0 spiro atoms. The van der Waals surface area contributed by atoms with E-state index in [9.17, 15) is 4.79 Å². The second kappa shape index (κ2) is 71.5. The summed E-state index contributed by atoms with van der Waals surface area (Å²) in [7, 11) is 0. The molecule has 0 aliphatic carbocycles. The summed E-state index contributed by atoms with van der Waals surface area (Å²) in [5, 5.41) is 8.38. The zero-order chi connectivity index (χ0) is 6.69. The van der Waals surface area contributed by atoms with Crippen molar-refractivity contribution in [1.29, 1.82) is 0 Å². The Morgan fingerprint density at radius 2 is 0.864 bits per heavy atom. The van der Waals surface area contributed by atoms with Crippen LogP contribution in [0.1, 0.15) is 11.8 Å². The van der Waals surface area contributed by atoms with E-state index in [0.29, 0.717) is 5.56 Å². The van der Waals surface area contributed by atoms with Gasteiger partial charge in [0.15, 0.2) is 0 Å². The van der Waals surface area contributed by atoms with Crippen LogP contribution in [0.3, 0.4) is 0 Å². The topological polar surface area (TPSA) is 415 Å². The van der Waals surface area contributed by atoms with E-state index < -0.39 is 5.97 Å². The van der Waals surface area contributed by atoms with Crippen molar-refractivity contribution in [1.82, 2.24) is 0 Å². The van der Waals surface area contributed by atoms with Crippen molar-refractivity contribution in [2.75, 3.05) is 0 Å². The maximum atomic E-state index is 10.2. The molecule has 0 amide bonds. The number of carboxylic acid groups (broad SMARTS) is 1. The molecule has 0 aromatic heterocycles. The van der Waals surface area contributed by atoms with E-state index in [-0.39, 0.29) is 96.7 Å². The number of hydrogen-bond acceptors (Lipinski definition) is 1. The van der Waals surface area contributed by atoms with Gasteiger partial charge in [-0.1, -0.05) is 18.2 Å². The largest absolute Gasteiger partial charge is 1.00 e. The van der Waals surface area contributed by atoms with Gasteiger partial charge < -0.3 is 72.2 Å². The van der Waals surface area contributed by atoms with Crippen LogP contribution >= 0.6 is 0 Å². The van der Waals surface area contributed by atoms with Crippen LogP contribution in [0, 0.1) is 0 Å². The number of rotatable bonds is 1. The Balaban J connectivity index is -0.00000000482. The van der Waals surface area contributed by atoms with E-state index in [4.69, 9.17) is 5.11 Å². The molecule has 0 heterocycles. The van der Waals surface area contributed by atoms with Gasteiger partial charge in [0.2, 0.25) is 0 Å². The first-order valence-corrected chi connectivity index (χ1v) is 2.59. The minimum Gasteiger partial charge on any atom is -1.00 e. The second-order valence-corrected chi connectivity index (χ2v) is 1.67. The fourth-order valence-electron chi connectivity index (χ4n) is 0.581. The molecule has 0 radical (unpaired) electrons. The van der Waals surface area contributed by atoms with Crippen LogP contribution in [-0.4, -0.2) is 76.8 Å². The smallest absolute Gasteiger partial charge is 1.00 e. The quantitative estimate of drug-likeness (QED) is 0.475. The van der Waals surface area contributed by atoms with Crippen LogP contribution in [0.4, 0.5) is 0 Å². The first kappa shape index (κ1) is 129. The molecule has 0 saturated carbocycles. The van der Waals surface area contributed by atoms with Gasteiger partial charge in [0, 0.05) is 0 Å². The fraction of sp³-hybridized carbons (Fsp3) is 0. The monoisotopic (exact) mass is 362 g/mol. The maximum absolute atomic E-state index is 10.2. The van der Waals surface area contributed by atoms with Gasteiger partial charge in [0.25, 0.3) is 0 Å². The van der Waals surface area contributed by atoms with Crippen molar-refractivity contribution in [3.8, 4) is 0 Å². The van der Waals surface area contributed by atoms with Gasteiger partial charge in [-0.3, -0.25) is 0 Å². The van der Waals surface area contributed by atoms with Crippen LogP contribution in [0.2, 0.25) is 0 Å². The molecular weight excluding hydrogens is 331 g/mol. The molecule has 22 heavy (non-hydrogen) atoms. The van der Waals surface area contributed by atoms with E-state index in [0.717, 1.165) is 0 Å². The third-order valence-electron chi connectivity index (χ3n) is 1.02. The zero-order valence-electron chi connectivity index (χ0n) is 12.7. The Bertz CT molecular complexity index is 228. The van der Waals surface area contributed by atoms with E-state index in [2.05, 4.69) is 0 Å². The number of hydrogen-bond donors (Lipinski definition) is 1. The van der Waals surface area contributed by atoms with Crippen LogP contribution < -0.4 is 29.6 Å². The molecule has 1 aromatic carbocycles. The van der Waals surface area contributed by atoms with E-state index in [1.165, 1.54) is 0 Å². The maximum Gasteiger partial charge on any atom is 1.00 e. The minimum absolute atomic E-state index is 0. The van der Waals surface area contributed by atoms with Crippen LogP contribution in [-0.2, 0) is 0 Å². The Labute approximate surface area is 148 Å². The predicted molar refractivity (Wildman–Crippen MR) is 77.9 cm³/mol. The van der Waals surface area contributed by atoms with Crippen LogP contribution in [0.15, 0.2) is 30.3 Å². The van der Waals surface area contributed by atoms with Crippen LogP contribution in [0.25, 0.3) is 0 Å². The summed E-state index contributed by atoms with van der Waals surface area (Å²) in [5.41, 5.74) is 0.331. The molecule has 0 fully saturated rings. The molecule has 25 N–H and O–H groups in total. The third kappa shape index (κ3) is 50.7. The summed E-state index contributed by atoms with van der Waals surface area (Å²) < 4.78 is 0. The standard InChI is InChI=1S/C7H6O2.Na.12H2O.H/c8-7(9)6-4-2-1-3-5-6;;;;;;;;;;;;;;/h1-5H,(H,8,9);;12*1H2;/q;+1;;;;;;;;;;;;;-1. The van der Waals surface area contributed by atoms with Crippen molar-refractivity contribution >= 4 is 5.97 Å². The van der Waals surface area contributed by atoms with E-state index in [1.54, 1.807) is 30.3 Å². The Kier molecular flexibility index (Phi) is 418. The number of benzene rings is 1. The Morgan fingerprint density at radius 1 is 0.636 bits per heavy atom. The van der Waals surface area contributed by atoms with Gasteiger partial charge in [0.05, 0.1) is 5.56 Å². The van der Waals surface area contributed by atoms with E-state index >= 15 is 0 Å². The molecule has 0 aliphatic heterocycles. The molecule has 0 bridgehead atoms. The van der Waals surface area contributed by atoms with Gasteiger partial charge in [0.1, 0.15) is 0 Å². The van der Waals surface area contributed by atoms with Crippen molar-refractivity contribution in [2.45, 2.75) is 0 Å². The average Bonchev–Trinajstić information content (AvgIpc) is 1.90. The molecule has 0 atom stereocenters. The molecule has 1 aromatic rings. The molecule has 14 nitrogen and oxygen atoms in total. The molecule has 0 aliphatic rings. The zero-order valence-corrected chi connectivity index (χ0v) is 13.7. The number of carbonyl (C=O) groups is 1. The van der Waals surface area contributed by atoms with E-state index in [1.807, 2.05) is 0 Å². The molecule has 144 valence electrons. The van der Waals surface area contributed by atoms with Gasteiger partial charge >= 0.3 is 35.5 Å². The van der Waals surface area contributed by atoms with Crippen molar-refractivity contribution in [3.05, 3.63) is 35.9 Å². The van der Waals surface area contributed by atoms with Crippen molar-refractivity contribution < 1.29 is 107 Å². The minimum atomic E-state index is -0.879. The Morgan fingerprint density at radius 3 is 1.00 bits per heavy atom. The van der Waals surface area contributed by atoms with Crippen LogP contribution in [0.5, 0.6) is 0 Å². The van der Waals surface area contributed by atoms with Gasteiger partial charge in [-0.15, -0.1) is 0 Å². The molecular formula is C7H31NaO14. The molecule has 15 heteroatoms.